The number of nitrogens with one attached hydrogen (secondary N) is 1. The zero-order valence-corrected chi connectivity index (χ0v) is 9.18. The summed E-state index contributed by atoms with van der Waals surface area (Å²) >= 11 is 0. The number of hydrogen-bond acceptors (Lipinski definition) is 2. The van der Waals surface area contributed by atoms with E-state index in [0.717, 1.165) is 12.3 Å². The first-order valence-corrected chi connectivity index (χ1v) is 5.76. The molecule has 2 heteroatoms. The molecule has 0 saturated heterocycles. The molecule has 1 saturated carbocycles. The third kappa shape index (κ3) is 1.24. The topological polar surface area (TPSA) is 21.3 Å². The van der Waals surface area contributed by atoms with Crippen LogP contribution in [0, 0.1) is 0 Å². The van der Waals surface area contributed by atoms with Crippen molar-refractivity contribution in [3.8, 4) is 5.75 Å². The van der Waals surface area contributed by atoms with E-state index in [1.54, 1.807) is 7.11 Å². The highest BCUT2D eigenvalue weighted by atomic mass is 16.5. The second-order valence-corrected chi connectivity index (χ2v) is 4.75. The van der Waals surface area contributed by atoms with Crippen molar-refractivity contribution >= 4 is 5.69 Å². The van der Waals surface area contributed by atoms with Gasteiger partial charge in [0, 0.05) is 17.6 Å². The van der Waals surface area contributed by atoms with E-state index in [4.69, 9.17) is 4.74 Å². The lowest BCUT2D eigenvalue weighted by Gasteiger charge is -2.22. The van der Waals surface area contributed by atoms with Gasteiger partial charge in [0.2, 0.25) is 0 Å². The summed E-state index contributed by atoms with van der Waals surface area (Å²) in [5.74, 6) is 0.990. The van der Waals surface area contributed by atoms with E-state index >= 15 is 0 Å². The monoisotopic (exact) mass is 203 g/mol. The van der Waals surface area contributed by atoms with Crippen LogP contribution in [0.4, 0.5) is 5.69 Å². The summed E-state index contributed by atoms with van der Waals surface area (Å²) in [6, 6.07) is 6.42. The molecule has 0 aromatic heterocycles. The van der Waals surface area contributed by atoms with Gasteiger partial charge in [-0.1, -0.05) is 12.8 Å². The molecule has 1 aromatic carbocycles. The van der Waals surface area contributed by atoms with Gasteiger partial charge in [0.05, 0.1) is 7.11 Å². The lowest BCUT2D eigenvalue weighted by atomic mass is 9.81. The van der Waals surface area contributed by atoms with Gasteiger partial charge in [0.15, 0.2) is 0 Å². The molecule has 0 radical (unpaired) electrons. The molecule has 1 heterocycles. The molecule has 1 aliphatic heterocycles. The zero-order chi connectivity index (χ0) is 10.3. The Labute approximate surface area is 90.6 Å². The Balaban J connectivity index is 2.07. The summed E-state index contributed by atoms with van der Waals surface area (Å²) < 4.78 is 5.31. The summed E-state index contributed by atoms with van der Waals surface area (Å²) in [6.07, 6.45) is 5.41. The molecule has 2 aliphatic rings. The van der Waals surface area contributed by atoms with Gasteiger partial charge in [-0.2, -0.15) is 0 Å². The second-order valence-electron chi connectivity index (χ2n) is 4.75. The van der Waals surface area contributed by atoms with Gasteiger partial charge in [-0.3, -0.25) is 0 Å². The van der Waals surface area contributed by atoms with Gasteiger partial charge < -0.3 is 10.1 Å². The molecule has 1 fully saturated rings. The Bertz CT molecular complexity index is 380. The lowest BCUT2D eigenvalue weighted by Crippen LogP contribution is -2.23. The van der Waals surface area contributed by atoms with E-state index in [9.17, 15) is 0 Å². The van der Waals surface area contributed by atoms with E-state index in [1.807, 2.05) is 6.07 Å². The Hall–Kier alpha value is -1.18. The van der Waals surface area contributed by atoms with Gasteiger partial charge in [-0.05, 0) is 36.6 Å². The van der Waals surface area contributed by atoms with E-state index < -0.39 is 0 Å². The molecular weight excluding hydrogens is 186 g/mol. The second kappa shape index (κ2) is 3.16. The lowest BCUT2D eigenvalue weighted by molar-refractivity contribution is 0.411. The molecule has 80 valence electrons. The fourth-order valence-electron chi connectivity index (χ4n) is 3.10. The van der Waals surface area contributed by atoms with Crippen LogP contribution in [0.15, 0.2) is 18.2 Å². The van der Waals surface area contributed by atoms with E-state index in [-0.39, 0.29) is 0 Å². The van der Waals surface area contributed by atoms with Crippen LogP contribution in [0.2, 0.25) is 0 Å². The van der Waals surface area contributed by atoms with Crippen LogP contribution in [-0.4, -0.2) is 13.7 Å². The molecule has 1 N–H and O–H groups in total. The van der Waals surface area contributed by atoms with Gasteiger partial charge in [-0.15, -0.1) is 0 Å². The fourth-order valence-corrected chi connectivity index (χ4v) is 3.10. The van der Waals surface area contributed by atoms with Crippen LogP contribution in [0.25, 0.3) is 0 Å². The maximum absolute atomic E-state index is 5.31. The van der Waals surface area contributed by atoms with E-state index in [1.165, 1.54) is 36.9 Å². The Morgan fingerprint density at radius 3 is 2.80 bits per heavy atom. The van der Waals surface area contributed by atoms with Crippen molar-refractivity contribution in [3.05, 3.63) is 23.8 Å². The van der Waals surface area contributed by atoms with Crippen molar-refractivity contribution in [1.29, 1.82) is 0 Å². The van der Waals surface area contributed by atoms with Gasteiger partial charge >= 0.3 is 0 Å². The van der Waals surface area contributed by atoms with Crippen molar-refractivity contribution in [2.24, 2.45) is 0 Å². The Morgan fingerprint density at radius 2 is 2.07 bits per heavy atom. The number of rotatable bonds is 1. The van der Waals surface area contributed by atoms with Crippen LogP contribution in [0.1, 0.15) is 31.2 Å². The van der Waals surface area contributed by atoms with Crippen LogP contribution >= 0.6 is 0 Å². The summed E-state index contributed by atoms with van der Waals surface area (Å²) in [4.78, 5) is 0. The molecule has 3 rings (SSSR count). The summed E-state index contributed by atoms with van der Waals surface area (Å²) in [5, 5.41) is 3.53. The predicted molar refractivity (Wildman–Crippen MR) is 61.6 cm³/mol. The quantitative estimate of drug-likeness (QED) is 0.757. The van der Waals surface area contributed by atoms with Gasteiger partial charge in [0.25, 0.3) is 0 Å². The Morgan fingerprint density at radius 1 is 1.27 bits per heavy atom. The largest absolute Gasteiger partial charge is 0.497 e. The highest BCUT2D eigenvalue weighted by Gasteiger charge is 2.41. The number of fused-ring (bicyclic) bond motifs is 2. The predicted octanol–water partition coefficient (Wildman–Crippen LogP) is 2.93. The average molecular weight is 203 g/mol. The van der Waals surface area contributed by atoms with E-state index in [2.05, 4.69) is 17.4 Å². The fraction of sp³-hybridized carbons (Fsp3) is 0.538. The number of anilines is 1. The number of methoxy groups -OCH3 is 1. The minimum Gasteiger partial charge on any atom is -0.497 e. The molecule has 15 heavy (non-hydrogen) atoms. The molecule has 0 bridgehead atoms. The summed E-state index contributed by atoms with van der Waals surface area (Å²) in [6.45, 7) is 1.12. The van der Waals surface area contributed by atoms with Crippen LogP contribution in [0.5, 0.6) is 5.75 Å². The molecule has 1 aromatic rings. The summed E-state index contributed by atoms with van der Waals surface area (Å²) in [7, 11) is 1.74. The third-order valence-corrected chi connectivity index (χ3v) is 3.98. The molecule has 0 unspecified atom stereocenters. The first-order chi connectivity index (χ1) is 7.34. The van der Waals surface area contributed by atoms with Crippen molar-refractivity contribution in [3.63, 3.8) is 0 Å². The average Bonchev–Trinajstić information content (AvgIpc) is 2.89. The van der Waals surface area contributed by atoms with Gasteiger partial charge in [0.1, 0.15) is 5.75 Å². The highest BCUT2D eigenvalue weighted by Crippen LogP contribution is 2.48. The van der Waals surface area contributed by atoms with Gasteiger partial charge in [-0.25, -0.2) is 0 Å². The zero-order valence-electron chi connectivity index (χ0n) is 9.18. The van der Waals surface area contributed by atoms with Crippen molar-refractivity contribution in [1.82, 2.24) is 0 Å². The molecule has 0 atom stereocenters. The van der Waals surface area contributed by atoms with E-state index in [0.29, 0.717) is 5.41 Å². The third-order valence-electron chi connectivity index (χ3n) is 3.98. The number of ether oxygens (including phenoxy) is 1. The summed E-state index contributed by atoms with van der Waals surface area (Å²) in [5.41, 5.74) is 3.22. The minimum atomic E-state index is 0.421. The molecule has 2 nitrogen and oxygen atoms in total. The smallest absolute Gasteiger partial charge is 0.119 e. The number of benzene rings is 1. The first-order valence-electron chi connectivity index (χ1n) is 5.76. The normalized spacial score (nSPS) is 21.4. The maximum Gasteiger partial charge on any atom is 0.119 e. The van der Waals surface area contributed by atoms with Crippen LogP contribution < -0.4 is 10.1 Å². The van der Waals surface area contributed by atoms with Crippen LogP contribution in [-0.2, 0) is 5.41 Å². The van der Waals surface area contributed by atoms with Crippen molar-refractivity contribution < 1.29 is 4.74 Å². The van der Waals surface area contributed by atoms with Crippen molar-refractivity contribution in [2.45, 2.75) is 31.1 Å². The number of hydrogen-bond donors (Lipinski definition) is 1. The van der Waals surface area contributed by atoms with Crippen LogP contribution in [0.3, 0.4) is 0 Å². The highest BCUT2D eigenvalue weighted by molar-refractivity contribution is 5.62. The SMILES string of the molecule is COc1ccc2c(c1)C1(CCCC1)CN2. The maximum atomic E-state index is 5.31. The first kappa shape index (κ1) is 9.08. The molecule has 0 amide bonds. The molecule has 1 spiro atoms. The minimum absolute atomic E-state index is 0.421. The standard InChI is InChI=1S/C13H17NO/c1-15-10-4-5-12-11(8-10)13(9-14-12)6-2-3-7-13/h4-5,8,14H,2-3,6-7,9H2,1H3. The molecular formula is C13H17NO. The van der Waals surface area contributed by atoms with Crippen molar-refractivity contribution in [2.75, 3.05) is 19.0 Å². The molecule has 1 aliphatic carbocycles. The Kier molecular flexibility index (Phi) is 1.91.